The van der Waals surface area contributed by atoms with Crippen LogP contribution >= 0.6 is 23.2 Å². The topological polar surface area (TPSA) is 83.2 Å². The molecule has 114 valence electrons. The minimum atomic E-state index is -1.26. The number of benzene rings is 2. The normalized spacial score (nSPS) is 10.0. The van der Waals surface area contributed by atoms with E-state index in [1.165, 1.54) is 12.1 Å². The number of carboxylic acid groups (broad SMARTS) is 1. The average molecular weight is 360 g/mol. The number of carboxylic acids is 1. The standard InChI is InChI=1S/C16H13Cl2NO3.Na/c1-8-4-9(6-14(20)21)15(19)12(5-8)16(22)11-3-2-10(17)7-13(11)18;/h2-5,7H,6,19H2,1H3,(H,20,21);/q;+1/p-1. The molecular weight excluding hydrogens is 348 g/mol. The van der Waals surface area contributed by atoms with Gasteiger partial charge in [0.05, 0.1) is 5.02 Å². The number of carbonyl (C=O) groups is 2. The molecule has 2 rings (SSSR count). The third kappa shape index (κ3) is 4.72. The quantitative estimate of drug-likeness (QED) is 0.449. The van der Waals surface area contributed by atoms with Crippen molar-refractivity contribution in [3.63, 3.8) is 0 Å². The van der Waals surface area contributed by atoms with Crippen LogP contribution in [-0.4, -0.2) is 11.8 Å². The van der Waals surface area contributed by atoms with Crippen LogP contribution in [0.2, 0.25) is 10.0 Å². The van der Waals surface area contributed by atoms with Gasteiger partial charge in [0.2, 0.25) is 0 Å². The van der Waals surface area contributed by atoms with Crippen LogP contribution in [0.25, 0.3) is 0 Å². The van der Waals surface area contributed by atoms with Gasteiger partial charge in [0.15, 0.2) is 5.78 Å². The Balaban J connectivity index is 0.00000264. The Morgan fingerprint density at radius 2 is 1.78 bits per heavy atom. The number of ketones is 1. The molecule has 0 aliphatic heterocycles. The Labute approximate surface area is 165 Å². The summed E-state index contributed by atoms with van der Waals surface area (Å²) in [6.45, 7) is 1.75. The van der Waals surface area contributed by atoms with Gasteiger partial charge >= 0.3 is 29.6 Å². The minimum absolute atomic E-state index is 0. The first-order valence-electron chi connectivity index (χ1n) is 6.38. The van der Waals surface area contributed by atoms with Gasteiger partial charge in [-0.15, -0.1) is 0 Å². The zero-order chi connectivity index (χ0) is 16.4. The van der Waals surface area contributed by atoms with Gasteiger partial charge in [-0.3, -0.25) is 4.79 Å². The van der Waals surface area contributed by atoms with Gasteiger partial charge in [0, 0.05) is 34.2 Å². The third-order valence-electron chi connectivity index (χ3n) is 3.17. The van der Waals surface area contributed by atoms with E-state index in [0.29, 0.717) is 10.6 Å². The van der Waals surface area contributed by atoms with Gasteiger partial charge in [-0.1, -0.05) is 29.3 Å². The molecule has 2 aromatic rings. The number of hydrogen-bond acceptors (Lipinski definition) is 4. The van der Waals surface area contributed by atoms with E-state index in [-0.39, 0.29) is 63.6 Å². The van der Waals surface area contributed by atoms with E-state index in [4.69, 9.17) is 28.9 Å². The molecule has 23 heavy (non-hydrogen) atoms. The van der Waals surface area contributed by atoms with E-state index in [1.807, 2.05) is 0 Å². The summed E-state index contributed by atoms with van der Waals surface area (Å²) in [5.74, 6) is -1.65. The fraction of sp³-hybridized carbons (Fsp3) is 0.125. The first-order chi connectivity index (χ1) is 10.3. The number of nitrogens with two attached hydrogens (primary N) is 1. The van der Waals surface area contributed by atoms with Crippen LogP contribution in [0.1, 0.15) is 27.0 Å². The smallest absolute Gasteiger partial charge is 0.550 e. The van der Waals surface area contributed by atoms with Crippen molar-refractivity contribution in [2.75, 3.05) is 5.73 Å². The molecular formula is C16H12Cl2NNaO3. The number of rotatable bonds is 4. The van der Waals surface area contributed by atoms with Crippen LogP contribution in [0, 0.1) is 6.92 Å². The van der Waals surface area contributed by atoms with Crippen molar-refractivity contribution >= 4 is 40.6 Å². The summed E-state index contributed by atoms with van der Waals surface area (Å²) in [5, 5.41) is 11.4. The molecule has 0 atom stereocenters. The SMILES string of the molecule is Cc1cc(CC(=O)[O-])c(N)c(C(=O)c2ccc(Cl)cc2Cl)c1.[Na+]. The van der Waals surface area contributed by atoms with E-state index in [1.54, 1.807) is 25.1 Å². The summed E-state index contributed by atoms with van der Waals surface area (Å²) in [7, 11) is 0. The van der Waals surface area contributed by atoms with E-state index < -0.39 is 5.97 Å². The van der Waals surface area contributed by atoms with Crippen LogP contribution < -0.4 is 40.4 Å². The molecule has 0 amide bonds. The molecule has 0 aliphatic carbocycles. The first kappa shape index (κ1) is 20.0. The van der Waals surface area contributed by atoms with E-state index in [9.17, 15) is 14.7 Å². The molecule has 0 saturated heterocycles. The van der Waals surface area contributed by atoms with Crippen molar-refractivity contribution in [1.82, 2.24) is 0 Å². The largest absolute Gasteiger partial charge is 1.00 e. The van der Waals surface area contributed by atoms with Gasteiger partial charge < -0.3 is 15.6 Å². The van der Waals surface area contributed by atoms with Crippen molar-refractivity contribution < 1.29 is 44.3 Å². The molecule has 0 aliphatic rings. The molecule has 0 unspecified atom stereocenters. The summed E-state index contributed by atoms with van der Waals surface area (Å²) in [5.41, 5.74) is 7.58. The minimum Gasteiger partial charge on any atom is -0.550 e. The molecule has 0 radical (unpaired) electrons. The van der Waals surface area contributed by atoms with Crippen LogP contribution in [0.5, 0.6) is 0 Å². The molecule has 0 saturated carbocycles. The predicted molar refractivity (Wildman–Crippen MR) is 84.2 cm³/mol. The van der Waals surface area contributed by atoms with Crippen LogP contribution in [0.3, 0.4) is 0 Å². The van der Waals surface area contributed by atoms with Gasteiger partial charge in [-0.25, -0.2) is 0 Å². The summed E-state index contributed by atoms with van der Waals surface area (Å²) >= 11 is 11.9. The molecule has 4 nitrogen and oxygen atoms in total. The summed E-state index contributed by atoms with van der Waals surface area (Å²) < 4.78 is 0. The fourth-order valence-corrected chi connectivity index (χ4v) is 2.68. The Morgan fingerprint density at radius 1 is 1.13 bits per heavy atom. The predicted octanol–water partition coefficient (Wildman–Crippen LogP) is -0.589. The second-order valence-corrected chi connectivity index (χ2v) is 5.73. The number of halogens is 2. The maximum atomic E-state index is 12.6. The number of nitrogen functional groups attached to an aromatic ring is 1. The summed E-state index contributed by atoms with van der Waals surface area (Å²) in [4.78, 5) is 23.4. The Hall–Kier alpha value is -1.04. The molecule has 0 heterocycles. The molecule has 0 fully saturated rings. The first-order valence-corrected chi connectivity index (χ1v) is 7.13. The number of hydrogen-bond donors (Lipinski definition) is 1. The van der Waals surface area contributed by atoms with Gasteiger partial charge in [0.25, 0.3) is 0 Å². The third-order valence-corrected chi connectivity index (χ3v) is 3.71. The van der Waals surface area contributed by atoms with Gasteiger partial charge in [-0.05, 0) is 42.3 Å². The maximum Gasteiger partial charge on any atom is 1.00 e. The van der Waals surface area contributed by atoms with Gasteiger partial charge in [-0.2, -0.15) is 0 Å². The van der Waals surface area contributed by atoms with Crippen molar-refractivity contribution in [2.45, 2.75) is 13.3 Å². The zero-order valence-corrected chi connectivity index (χ0v) is 16.2. The number of aliphatic carboxylic acids is 1. The van der Waals surface area contributed by atoms with E-state index in [2.05, 4.69) is 0 Å². The molecule has 2 aromatic carbocycles. The number of carbonyl (C=O) groups excluding carboxylic acids is 2. The monoisotopic (exact) mass is 359 g/mol. The Kier molecular flexibility index (Phi) is 7.11. The van der Waals surface area contributed by atoms with E-state index in [0.717, 1.165) is 5.56 Å². The fourth-order valence-electron chi connectivity index (χ4n) is 2.18. The zero-order valence-electron chi connectivity index (χ0n) is 12.7. The summed E-state index contributed by atoms with van der Waals surface area (Å²) in [6.07, 6.45) is -0.359. The number of aryl methyl sites for hydroxylation is 1. The van der Waals surface area contributed by atoms with Crippen LogP contribution in [0.4, 0.5) is 5.69 Å². The van der Waals surface area contributed by atoms with Crippen LogP contribution in [0.15, 0.2) is 30.3 Å². The Bertz CT molecular complexity index is 778. The molecule has 7 heteroatoms. The molecule has 0 aromatic heterocycles. The average Bonchev–Trinajstić information content (AvgIpc) is 2.41. The van der Waals surface area contributed by atoms with Crippen molar-refractivity contribution in [2.24, 2.45) is 0 Å². The van der Waals surface area contributed by atoms with Crippen molar-refractivity contribution in [3.8, 4) is 0 Å². The second kappa shape index (κ2) is 8.18. The molecule has 0 bridgehead atoms. The van der Waals surface area contributed by atoms with E-state index >= 15 is 0 Å². The second-order valence-electron chi connectivity index (χ2n) is 4.89. The van der Waals surface area contributed by atoms with Crippen LogP contribution in [-0.2, 0) is 11.2 Å². The van der Waals surface area contributed by atoms with Gasteiger partial charge in [0.1, 0.15) is 0 Å². The van der Waals surface area contributed by atoms with Crippen molar-refractivity contribution in [3.05, 3.63) is 62.6 Å². The molecule has 0 spiro atoms. The Morgan fingerprint density at radius 3 is 2.35 bits per heavy atom. The maximum absolute atomic E-state index is 12.6. The summed E-state index contributed by atoms with van der Waals surface area (Å²) in [6, 6.07) is 7.74. The van der Waals surface area contributed by atoms with Crippen molar-refractivity contribution in [1.29, 1.82) is 0 Å². The number of anilines is 1. The molecule has 2 N–H and O–H groups in total.